The zero-order chi connectivity index (χ0) is 24.3. The number of phosphoric acid groups is 3. The van der Waals surface area contributed by atoms with Gasteiger partial charge in [0.2, 0.25) is 0 Å². The number of aromatic amines is 1. The fourth-order valence-electron chi connectivity index (χ4n) is 2.54. The largest absolute Gasteiger partial charge is 1.00 e. The Morgan fingerprint density at radius 2 is 1.82 bits per heavy atom. The van der Waals surface area contributed by atoms with Crippen LogP contribution in [0, 0.1) is 0 Å². The van der Waals surface area contributed by atoms with Crippen LogP contribution < -0.4 is 46.5 Å². The van der Waals surface area contributed by atoms with E-state index < -0.39 is 59.8 Å². The number of nitrogens with two attached hydrogens (primary N) is 1. The molecule has 17 nitrogen and oxygen atoms in total. The number of aromatic nitrogens is 2. The topological polar surface area (TPSA) is 270 Å². The van der Waals surface area contributed by atoms with Gasteiger partial charge in [0.05, 0.1) is 18.3 Å². The predicted molar refractivity (Wildman–Crippen MR) is 104 cm³/mol. The van der Waals surface area contributed by atoms with Crippen molar-refractivity contribution in [2.24, 2.45) is 5.73 Å². The first-order valence-corrected chi connectivity index (χ1v) is 13.0. The van der Waals surface area contributed by atoms with Crippen LogP contribution in [-0.4, -0.2) is 59.6 Å². The maximum atomic E-state index is 12.1. The van der Waals surface area contributed by atoms with Crippen molar-refractivity contribution >= 4 is 29.5 Å². The molecule has 0 radical (unpaired) electrons. The van der Waals surface area contributed by atoms with Crippen LogP contribution >= 0.6 is 23.5 Å². The van der Waals surface area contributed by atoms with Crippen molar-refractivity contribution in [3.05, 3.63) is 38.7 Å². The number of aliphatic hydroxyl groups is 1. The third kappa shape index (κ3) is 9.70. The smallest absolute Gasteiger partial charge is 0.390 e. The van der Waals surface area contributed by atoms with Crippen LogP contribution in [0.25, 0.3) is 6.08 Å². The number of nitrogens with zero attached hydrogens (tertiary/aromatic N) is 1. The summed E-state index contributed by atoms with van der Waals surface area (Å²) in [6.45, 7) is -0.778. The summed E-state index contributed by atoms with van der Waals surface area (Å²) in [6, 6.07) is 0. The summed E-state index contributed by atoms with van der Waals surface area (Å²) in [7, 11) is -16.7. The van der Waals surface area contributed by atoms with Crippen molar-refractivity contribution in [2.45, 2.75) is 24.9 Å². The number of H-pyrrole nitrogens is 1. The van der Waals surface area contributed by atoms with Crippen LogP contribution in [0.15, 0.2) is 21.9 Å². The zero-order valence-electron chi connectivity index (χ0n) is 16.9. The summed E-state index contributed by atoms with van der Waals surface area (Å²) in [6.07, 6.45) is -0.0802. The van der Waals surface area contributed by atoms with Crippen molar-refractivity contribution in [3.63, 3.8) is 0 Å². The Morgan fingerprint density at radius 3 is 2.39 bits per heavy atom. The molecule has 0 bridgehead atoms. The predicted octanol–water partition coefficient (Wildman–Crippen LogP) is -4.50. The molecular weight excluding hydrogens is 526 g/mol. The average molecular weight is 546 g/mol. The van der Waals surface area contributed by atoms with Gasteiger partial charge in [0.1, 0.15) is 12.3 Å². The Balaban J connectivity index is 0.00000544. The van der Waals surface area contributed by atoms with E-state index in [4.69, 9.17) is 25.2 Å². The van der Waals surface area contributed by atoms with Gasteiger partial charge in [-0.3, -0.25) is 18.9 Å². The average Bonchev–Trinajstić information content (AvgIpc) is 2.97. The van der Waals surface area contributed by atoms with Gasteiger partial charge in [0.25, 0.3) is 5.56 Å². The third-order valence-electron chi connectivity index (χ3n) is 3.76. The van der Waals surface area contributed by atoms with Crippen LogP contribution in [0.1, 0.15) is 18.2 Å². The molecule has 33 heavy (non-hydrogen) atoms. The Labute approximate surface area is 206 Å². The molecule has 1 aromatic rings. The first-order chi connectivity index (χ1) is 14.6. The van der Waals surface area contributed by atoms with Gasteiger partial charge in [0.15, 0.2) is 0 Å². The van der Waals surface area contributed by atoms with Gasteiger partial charge < -0.3 is 35.2 Å². The number of hydrogen-bond acceptors (Lipinski definition) is 11. The molecule has 1 aliphatic heterocycles. The number of rotatable bonds is 10. The molecule has 5 atom stereocenters. The minimum atomic E-state index is -5.70. The molecule has 1 aromatic heterocycles. The van der Waals surface area contributed by atoms with E-state index in [-0.39, 0.29) is 48.1 Å². The second-order valence-corrected chi connectivity index (χ2v) is 10.6. The van der Waals surface area contributed by atoms with Gasteiger partial charge in [0, 0.05) is 19.2 Å². The third-order valence-corrected chi connectivity index (χ3v) is 7.56. The van der Waals surface area contributed by atoms with Crippen LogP contribution in [0.4, 0.5) is 0 Å². The van der Waals surface area contributed by atoms with Crippen LogP contribution in [0.5, 0.6) is 0 Å². The molecular formula is C12H20N3NaO14P3+. The summed E-state index contributed by atoms with van der Waals surface area (Å²) in [5.41, 5.74) is 3.81. The van der Waals surface area contributed by atoms with Gasteiger partial charge in [-0.05, 0) is 0 Å². The van der Waals surface area contributed by atoms with Gasteiger partial charge in [-0.25, -0.2) is 18.5 Å². The number of hydrogen-bond donors (Lipinski definition) is 7. The van der Waals surface area contributed by atoms with Crippen LogP contribution in [-0.2, 0) is 31.6 Å². The molecule has 1 aliphatic rings. The van der Waals surface area contributed by atoms with Gasteiger partial charge >= 0.3 is 58.7 Å². The zero-order valence-corrected chi connectivity index (χ0v) is 21.5. The van der Waals surface area contributed by atoms with E-state index >= 15 is 0 Å². The number of ether oxygens (including phenoxy) is 1. The summed E-state index contributed by atoms with van der Waals surface area (Å²) in [4.78, 5) is 61.5. The fourth-order valence-corrected chi connectivity index (χ4v) is 5.57. The Morgan fingerprint density at radius 1 is 1.18 bits per heavy atom. The molecule has 182 valence electrons. The fraction of sp³-hybridized carbons (Fsp3) is 0.500. The number of phosphoric ester groups is 1. The van der Waals surface area contributed by atoms with E-state index in [0.29, 0.717) is 0 Å². The molecule has 2 unspecified atom stereocenters. The minimum absolute atomic E-state index is 0. The quantitative estimate of drug-likeness (QED) is 0.108. The molecule has 1 saturated heterocycles. The number of nitrogens with one attached hydrogen (secondary N) is 1. The monoisotopic (exact) mass is 546 g/mol. The van der Waals surface area contributed by atoms with Crippen LogP contribution in [0.2, 0.25) is 0 Å². The molecule has 0 amide bonds. The van der Waals surface area contributed by atoms with Crippen molar-refractivity contribution in [2.75, 3.05) is 13.2 Å². The molecule has 1 fully saturated rings. The molecule has 0 aromatic carbocycles. The first-order valence-electron chi connectivity index (χ1n) is 8.46. The van der Waals surface area contributed by atoms with E-state index in [0.717, 1.165) is 10.8 Å². The molecule has 21 heteroatoms. The van der Waals surface area contributed by atoms with Gasteiger partial charge in [-0.2, -0.15) is 8.62 Å². The second-order valence-electron chi connectivity index (χ2n) is 6.21. The van der Waals surface area contributed by atoms with E-state index in [1.807, 2.05) is 4.98 Å². The van der Waals surface area contributed by atoms with Gasteiger partial charge in [-0.15, -0.1) is 0 Å². The molecule has 8 N–H and O–H groups in total. The Kier molecular flexibility index (Phi) is 11.3. The maximum Gasteiger partial charge on any atom is 1.00 e. The maximum absolute atomic E-state index is 12.1. The summed E-state index contributed by atoms with van der Waals surface area (Å²) >= 11 is 0. The van der Waals surface area contributed by atoms with Crippen molar-refractivity contribution in [1.29, 1.82) is 0 Å². The summed E-state index contributed by atoms with van der Waals surface area (Å²) < 4.78 is 51.6. The molecule has 0 aliphatic carbocycles. The van der Waals surface area contributed by atoms with Crippen LogP contribution in [0.3, 0.4) is 0 Å². The normalized spacial score (nSPS) is 24.8. The minimum Gasteiger partial charge on any atom is -0.390 e. The van der Waals surface area contributed by atoms with E-state index in [1.54, 1.807) is 0 Å². The first kappa shape index (κ1) is 30.7. The van der Waals surface area contributed by atoms with E-state index in [1.165, 1.54) is 12.2 Å². The Bertz CT molecular complexity index is 1110. The van der Waals surface area contributed by atoms with Crippen molar-refractivity contribution < 1.29 is 85.8 Å². The number of aliphatic hydroxyl groups excluding tert-OH is 1. The van der Waals surface area contributed by atoms with E-state index in [2.05, 4.69) is 13.1 Å². The summed E-state index contributed by atoms with van der Waals surface area (Å²) in [5.74, 6) is 0. The molecule has 0 saturated carbocycles. The van der Waals surface area contributed by atoms with Crippen molar-refractivity contribution in [3.8, 4) is 0 Å². The molecule has 0 spiro atoms. The molecule has 2 rings (SSSR count). The SMILES string of the molecule is NC/C=C/c1cn([C@H]2C[C@H](O)[C@@H](COP(=O)(O)OP(=O)(O)OP(=O)(O)O)O2)c(=O)[nH]c1=O.[Na+]. The second kappa shape index (κ2) is 12.1. The standard InChI is InChI=1S/C12H20N3O14P3.Na/c13-3-1-2-7-5-15(12(18)14-11(7)17)10-4-8(16)9(27-10)6-26-31(22,23)29-32(24,25)28-30(19,20)21;/h1-2,5,8-10,16H,3-4,6,13H2,(H,22,23)(H,24,25)(H,14,17,18)(H2,19,20,21);/q;+1/b2-1+;/t8-,9+,10+;/m0./s1. The van der Waals surface area contributed by atoms with Gasteiger partial charge in [-0.1, -0.05) is 12.2 Å². The Hall–Kier alpha value is -0.290. The molecule has 2 heterocycles. The van der Waals surface area contributed by atoms with E-state index in [9.17, 15) is 33.3 Å². The summed E-state index contributed by atoms with van der Waals surface area (Å²) in [5, 5.41) is 10.1. The van der Waals surface area contributed by atoms with Crippen molar-refractivity contribution in [1.82, 2.24) is 9.55 Å².